The summed E-state index contributed by atoms with van der Waals surface area (Å²) in [7, 11) is -3.33. The van der Waals surface area contributed by atoms with Crippen LogP contribution in [0, 0.1) is 11.2 Å². The van der Waals surface area contributed by atoms with E-state index in [1.54, 1.807) is 28.9 Å². The van der Waals surface area contributed by atoms with Gasteiger partial charge < -0.3 is 10.6 Å². The molecule has 3 N–H and O–H groups in total. The highest BCUT2D eigenvalue weighted by Gasteiger charge is 2.36. The molecule has 2 amide bonds. The molecule has 11 heteroatoms. The number of aromatic nitrogens is 2. The van der Waals surface area contributed by atoms with E-state index in [2.05, 4.69) is 20.5 Å². The zero-order valence-corrected chi connectivity index (χ0v) is 21.9. The Morgan fingerprint density at radius 1 is 1.08 bits per heavy atom. The molecule has 1 aliphatic rings. The maximum atomic E-state index is 13.4. The number of amides is 2. The molecular weight excluding hydrogens is 497 g/mol. The van der Waals surface area contributed by atoms with Crippen molar-refractivity contribution in [2.45, 2.75) is 51.4 Å². The fourth-order valence-electron chi connectivity index (χ4n) is 4.03. The fraction of sp³-hybridized carbons (Fsp3) is 0.423. The van der Waals surface area contributed by atoms with E-state index in [9.17, 15) is 22.4 Å². The molecule has 1 aliphatic carbocycles. The third kappa shape index (κ3) is 6.53. The standard InChI is InChI=1S/C26H32FN5O4S/c1-26(2,3)23(25(34)28-14-15-29-37(35,36)19-12-13-19)30-24(33)22-20-6-4-5-7-21(20)32(31-22)16-17-8-10-18(27)11-9-17/h4-11,19,23,29H,12-16H2,1-3H3,(H,28,34)(H,30,33)/t23-/m1/s1. The Hall–Kier alpha value is -3.31. The number of hydrogen-bond acceptors (Lipinski definition) is 5. The van der Waals surface area contributed by atoms with Gasteiger partial charge in [-0.25, -0.2) is 17.5 Å². The summed E-state index contributed by atoms with van der Waals surface area (Å²) in [6.45, 7) is 6.01. The van der Waals surface area contributed by atoms with Gasteiger partial charge in [-0.2, -0.15) is 5.10 Å². The molecule has 1 fully saturated rings. The summed E-state index contributed by atoms with van der Waals surface area (Å²) in [5, 5.41) is 10.4. The van der Waals surface area contributed by atoms with Gasteiger partial charge in [0, 0.05) is 18.5 Å². The molecule has 0 radical (unpaired) electrons. The fourth-order valence-corrected chi connectivity index (χ4v) is 5.41. The molecule has 0 spiro atoms. The number of carbonyl (C=O) groups is 2. The van der Waals surface area contributed by atoms with Crippen molar-refractivity contribution >= 4 is 32.7 Å². The van der Waals surface area contributed by atoms with Crippen LogP contribution in [-0.2, 0) is 21.4 Å². The lowest BCUT2D eigenvalue weighted by Crippen LogP contribution is -2.54. The molecular formula is C26H32FN5O4S. The van der Waals surface area contributed by atoms with E-state index >= 15 is 0 Å². The Labute approximate surface area is 215 Å². The molecule has 0 unspecified atom stereocenters. The number of para-hydroxylation sites is 1. The lowest BCUT2D eigenvalue weighted by Gasteiger charge is -2.30. The van der Waals surface area contributed by atoms with Crippen LogP contribution in [0.3, 0.4) is 0 Å². The molecule has 2 aromatic carbocycles. The van der Waals surface area contributed by atoms with Gasteiger partial charge in [-0.15, -0.1) is 0 Å². The third-order valence-electron chi connectivity index (χ3n) is 6.21. The van der Waals surface area contributed by atoms with Gasteiger partial charge in [-0.1, -0.05) is 51.1 Å². The Balaban J connectivity index is 1.47. The average Bonchev–Trinajstić information content (AvgIpc) is 3.65. The van der Waals surface area contributed by atoms with Gasteiger partial charge in [0.1, 0.15) is 11.9 Å². The first-order valence-corrected chi connectivity index (χ1v) is 13.8. The normalized spacial score (nSPS) is 14.9. The van der Waals surface area contributed by atoms with Crippen LogP contribution < -0.4 is 15.4 Å². The number of rotatable bonds is 10. The lowest BCUT2D eigenvalue weighted by molar-refractivity contribution is -0.125. The molecule has 1 heterocycles. The summed E-state index contributed by atoms with van der Waals surface area (Å²) in [6, 6.07) is 12.5. The number of carbonyl (C=O) groups excluding carboxylic acids is 2. The highest BCUT2D eigenvalue weighted by Crippen LogP contribution is 2.27. The summed E-state index contributed by atoms with van der Waals surface area (Å²) < 4.78 is 41.4. The lowest BCUT2D eigenvalue weighted by atomic mass is 9.86. The van der Waals surface area contributed by atoms with Crippen molar-refractivity contribution in [1.29, 1.82) is 0 Å². The van der Waals surface area contributed by atoms with Crippen LogP contribution in [0.2, 0.25) is 0 Å². The molecule has 1 aromatic heterocycles. The topological polar surface area (TPSA) is 122 Å². The van der Waals surface area contributed by atoms with Crippen LogP contribution in [0.5, 0.6) is 0 Å². The maximum absolute atomic E-state index is 13.4. The van der Waals surface area contributed by atoms with Gasteiger partial charge in [0.05, 0.1) is 17.3 Å². The molecule has 3 aromatic rings. The van der Waals surface area contributed by atoms with Gasteiger partial charge in [0.15, 0.2) is 5.69 Å². The predicted octanol–water partition coefficient (Wildman–Crippen LogP) is 2.57. The van der Waals surface area contributed by atoms with Crippen molar-refractivity contribution in [3.63, 3.8) is 0 Å². The number of nitrogens with one attached hydrogen (secondary N) is 3. The summed E-state index contributed by atoms with van der Waals surface area (Å²) in [6.07, 6.45) is 1.32. The summed E-state index contributed by atoms with van der Waals surface area (Å²) in [5.41, 5.74) is 1.11. The second-order valence-corrected chi connectivity index (χ2v) is 12.4. The smallest absolute Gasteiger partial charge is 0.273 e. The van der Waals surface area contributed by atoms with Crippen molar-refractivity contribution in [1.82, 2.24) is 25.1 Å². The first-order valence-electron chi connectivity index (χ1n) is 12.2. The largest absolute Gasteiger partial charge is 0.353 e. The van der Waals surface area contributed by atoms with Crippen molar-refractivity contribution in [3.05, 3.63) is 65.6 Å². The minimum atomic E-state index is -3.33. The highest BCUT2D eigenvalue weighted by atomic mass is 32.2. The molecule has 198 valence electrons. The van der Waals surface area contributed by atoms with E-state index in [0.29, 0.717) is 24.8 Å². The van der Waals surface area contributed by atoms with E-state index in [1.165, 1.54) is 12.1 Å². The molecule has 1 atom stereocenters. The summed E-state index contributed by atoms with van der Waals surface area (Å²) >= 11 is 0. The van der Waals surface area contributed by atoms with Gasteiger partial charge in [-0.05, 0) is 42.0 Å². The van der Waals surface area contributed by atoms with Crippen LogP contribution >= 0.6 is 0 Å². The minimum Gasteiger partial charge on any atom is -0.353 e. The Kier molecular flexibility index (Phi) is 7.65. The molecule has 4 rings (SSSR count). The van der Waals surface area contributed by atoms with Crippen molar-refractivity contribution in [2.24, 2.45) is 5.41 Å². The third-order valence-corrected chi connectivity index (χ3v) is 8.17. The number of nitrogens with zero attached hydrogens (tertiary/aromatic N) is 2. The van der Waals surface area contributed by atoms with Crippen LogP contribution in [0.15, 0.2) is 48.5 Å². The maximum Gasteiger partial charge on any atom is 0.273 e. The quantitative estimate of drug-likeness (QED) is 0.349. The van der Waals surface area contributed by atoms with Gasteiger partial charge >= 0.3 is 0 Å². The van der Waals surface area contributed by atoms with Crippen LogP contribution in [-0.4, -0.2) is 54.4 Å². The van der Waals surface area contributed by atoms with E-state index in [1.807, 2.05) is 32.9 Å². The molecule has 37 heavy (non-hydrogen) atoms. The number of hydrogen-bond donors (Lipinski definition) is 3. The van der Waals surface area contributed by atoms with Gasteiger partial charge in [-0.3, -0.25) is 14.3 Å². The second kappa shape index (κ2) is 10.6. The first-order chi connectivity index (χ1) is 17.5. The Morgan fingerprint density at radius 2 is 1.76 bits per heavy atom. The van der Waals surface area contributed by atoms with E-state index < -0.39 is 33.3 Å². The highest BCUT2D eigenvalue weighted by molar-refractivity contribution is 7.90. The van der Waals surface area contributed by atoms with Crippen molar-refractivity contribution in [3.8, 4) is 0 Å². The molecule has 0 saturated heterocycles. The monoisotopic (exact) mass is 529 g/mol. The molecule has 9 nitrogen and oxygen atoms in total. The Morgan fingerprint density at radius 3 is 2.41 bits per heavy atom. The van der Waals surface area contributed by atoms with Crippen molar-refractivity contribution < 1.29 is 22.4 Å². The SMILES string of the molecule is CC(C)(C)[C@H](NC(=O)c1nn(Cc2ccc(F)cc2)c2ccccc12)C(=O)NCCNS(=O)(=O)C1CC1. The number of benzene rings is 2. The van der Waals surface area contributed by atoms with E-state index in [-0.39, 0.29) is 29.9 Å². The van der Waals surface area contributed by atoms with E-state index in [4.69, 9.17) is 0 Å². The van der Waals surface area contributed by atoms with Gasteiger partial charge in [0.25, 0.3) is 5.91 Å². The van der Waals surface area contributed by atoms with Crippen LogP contribution in [0.4, 0.5) is 4.39 Å². The van der Waals surface area contributed by atoms with Crippen molar-refractivity contribution in [2.75, 3.05) is 13.1 Å². The minimum absolute atomic E-state index is 0.0772. The number of fused-ring (bicyclic) bond motifs is 1. The second-order valence-electron chi connectivity index (χ2n) is 10.4. The molecule has 1 saturated carbocycles. The average molecular weight is 530 g/mol. The van der Waals surface area contributed by atoms with Crippen LogP contribution in [0.1, 0.15) is 49.7 Å². The summed E-state index contributed by atoms with van der Waals surface area (Å²) in [4.78, 5) is 26.4. The van der Waals surface area contributed by atoms with E-state index in [0.717, 1.165) is 11.1 Å². The number of halogens is 1. The molecule has 0 bridgehead atoms. The Bertz CT molecular complexity index is 1390. The summed E-state index contributed by atoms with van der Waals surface area (Å²) in [5.74, 6) is -1.25. The molecule has 0 aliphatic heterocycles. The predicted molar refractivity (Wildman–Crippen MR) is 139 cm³/mol. The first kappa shape index (κ1) is 26.7. The van der Waals surface area contributed by atoms with Gasteiger partial charge in [0.2, 0.25) is 15.9 Å². The van der Waals surface area contributed by atoms with Crippen LogP contribution in [0.25, 0.3) is 10.9 Å². The number of sulfonamides is 1. The zero-order chi connectivity index (χ0) is 26.8. The zero-order valence-electron chi connectivity index (χ0n) is 21.1.